The van der Waals surface area contributed by atoms with Crippen LogP contribution in [-0.4, -0.2) is 72.4 Å². The molecule has 1 aliphatic carbocycles. The molecule has 2 unspecified atom stereocenters. The van der Waals surface area contributed by atoms with E-state index in [1.54, 1.807) is 6.26 Å². The van der Waals surface area contributed by atoms with E-state index < -0.39 is 0 Å². The van der Waals surface area contributed by atoms with Gasteiger partial charge < -0.3 is 19.5 Å². The summed E-state index contributed by atoms with van der Waals surface area (Å²) in [4.78, 5) is 9.54. The van der Waals surface area contributed by atoms with Crippen molar-refractivity contribution in [2.75, 3.05) is 39.8 Å². The molecule has 0 spiro atoms. The SMILES string of the molecule is CCN=C(NC1CC(C)(OC)C1(C)C)N1CCN(Cc2ccon2)CC1. The summed E-state index contributed by atoms with van der Waals surface area (Å²) in [6.07, 6.45) is 2.64. The van der Waals surface area contributed by atoms with Crippen molar-refractivity contribution in [3.63, 3.8) is 0 Å². The van der Waals surface area contributed by atoms with Crippen molar-refractivity contribution in [1.82, 2.24) is 20.3 Å². The molecule has 26 heavy (non-hydrogen) atoms. The van der Waals surface area contributed by atoms with Gasteiger partial charge in [0.05, 0.1) is 11.3 Å². The lowest BCUT2D eigenvalue weighted by Gasteiger charge is -2.59. The molecule has 1 aromatic rings. The Kier molecular flexibility index (Phi) is 5.58. The smallest absolute Gasteiger partial charge is 0.194 e. The minimum absolute atomic E-state index is 0.0711. The van der Waals surface area contributed by atoms with Gasteiger partial charge in [0.25, 0.3) is 0 Å². The van der Waals surface area contributed by atoms with Crippen molar-refractivity contribution in [3.05, 3.63) is 18.0 Å². The Labute approximate surface area is 156 Å². The van der Waals surface area contributed by atoms with E-state index in [0.717, 1.165) is 57.3 Å². The van der Waals surface area contributed by atoms with Crippen molar-refractivity contribution in [2.24, 2.45) is 10.4 Å². The number of hydrogen-bond donors (Lipinski definition) is 1. The number of hydrogen-bond acceptors (Lipinski definition) is 5. The third-order valence-electron chi connectivity index (χ3n) is 6.44. The molecule has 7 heteroatoms. The molecule has 0 amide bonds. The summed E-state index contributed by atoms with van der Waals surface area (Å²) in [6.45, 7) is 14.4. The zero-order chi connectivity index (χ0) is 18.8. The molecule has 2 fully saturated rings. The monoisotopic (exact) mass is 363 g/mol. The summed E-state index contributed by atoms with van der Waals surface area (Å²) in [7, 11) is 1.81. The molecule has 146 valence electrons. The van der Waals surface area contributed by atoms with Crippen LogP contribution < -0.4 is 5.32 Å². The summed E-state index contributed by atoms with van der Waals surface area (Å²) in [6, 6.07) is 2.31. The Morgan fingerprint density at radius 3 is 2.62 bits per heavy atom. The second kappa shape index (κ2) is 7.56. The van der Waals surface area contributed by atoms with E-state index in [1.807, 2.05) is 13.2 Å². The Morgan fingerprint density at radius 2 is 2.08 bits per heavy atom. The topological polar surface area (TPSA) is 66.1 Å². The highest BCUT2D eigenvalue weighted by Crippen LogP contribution is 2.51. The van der Waals surface area contributed by atoms with E-state index in [9.17, 15) is 0 Å². The van der Waals surface area contributed by atoms with Gasteiger partial charge in [0.2, 0.25) is 0 Å². The van der Waals surface area contributed by atoms with Crippen LogP contribution in [0.4, 0.5) is 0 Å². The first kappa shape index (κ1) is 19.2. The van der Waals surface area contributed by atoms with Gasteiger partial charge in [-0.25, -0.2) is 0 Å². The van der Waals surface area contributed by atoms with Gasteiger partial charge in [-0.3, -0.25) is 9.89 Å². The normalized spacial score (nSPS) is 29.5. The van der Waals surface area contributed by atoms with Crippen LogP contribution in [0.15, 0.2) is 21.8 Å². The van der Waals surface area contributed by atoms with Crippen LogP contribution in [0, 0.1) is 5.41 Å². The maximum atomic E-state index is 5.76. The van der Waals surface area contributed by atoms with E-state index >= 15 is 0 Å². The number of guanidine groups is 1. The first-order valence-electron chi connectivity index (χ1n) is 9.62. The molecule has 1 aromatic heterocycles. The standard InChI is InChI=1S/C19H33N5O2/c1-6-20-17(21-16-13-19(4,25-5)18(16,2)3)24-10-8-23(9-11-24)14-15-7-12-26-22-15/h7,12,16H,6,8-11,13-14H2,1-5H3,(H,20,21). The Bertz CT molecular complexity index is 607. The molecule has 1 saturated heterocycles. The maximum Gasteiger partial charge on any atom is 0.194 e. The van der Waals surface area contributed by atoms with Crippen molar-refractivity contribution in [3.8, 4) is 0 Å². The molecule has 2 atom stereocenters. The number of nitrogens with zero attached hydrogens (tertiary/aromatic N) is 4. The van der Waals surface area contributed by atoms with E-state index in [2.05, 4.69) is 48.0 Å². The average Bonchev–Trinajstić information content (AvgIpc) is 3.14. The lowest BCUT2D eigenvalue weighted by atomic mass is 9.56. The van der Waals surface area contributed by atoms with Crippen LogP contribution in [0.5, 0.6) is 0 Å². The fraction of sp³-hybridized carbons (Fsp3) is 0.789. The largest absolute Gasteiger partial charge is 0.378 e. The third-order valence-corrected chi connectivity index (χ3v) is 6.44. The van der Waals surface area contributed by atoms with Crippen LogP contribution in [-0.2, 0) is 11.3 Å². The molecule has 2 aliphatic rings. The highest BCUT2D eigenvalue weighted by Gasteiger charge is 2.58. The predicted molar refractivity (Wildman–Crippen MR) is 102 cm³/mol. The summed E-state index contributed by atoms with van der Waals surface area (Å²) in [5, 5.41) is 7.73. The van der Waals surface area contributed by atoms with E-state index in [-0.39, 0.29) is 11.0 Å². The first-order chi connectivity index (χ1) is 12.4. The van der Waals surface area contributed by atoms with Gasteiger partial charge in [-0.15, -0.1) is 0 Å². The number of aromatic nitrogens is 1. The molecule has 0 bridgehead atoms. The number of ether oxygens (including phenoxy) is 1. The quantitative estimate of drug-likeness (QED) is 0.637. The molecule has 0 aromatic carbocycles. The Hall–Kier alpha value is -1.60. The van der Waals surface area contributed by atoms with E-state index in [4.69, 9.17) is 14.3 Å². The second-order valence-corrected chi connectivity index (χ2v) is 8.11. The molecular weight excluding hydrogens is 330 g/mol. The highest BCUT2D eigenvalue weighted by atomic mass is 16.5. The first-order valence-corrected chi connectivity index (χ1v) is 9.62. The number of nitrogens with one attached hydrogen (secondary N) is 1. The van der Waals surface area contributed by atoms with Gasteiger partial charge in [0.1, 0.15) is 6.26 Å². The summed E-state index contributed by atoms with van der Waals surface area (Å²) < 4.78 is 10.7. The zero-order valence-electron chi connectivity index (χ0n) is 16.8. The fourth-order valence-corrected chi connectivity index (χ4v) is 3.93. The Balaban J connectivity index is 1.56. The van der Waals surface area contributed by atoms with Gasteiger partial charge in [0, 0.05) is 63.9 Å². The number of piperazine rings is 1. The summed E-state index contributed by atoms with van der Waals surface area (Å²) in [5.41, 5.74) is 0.998. The van der Waals surface area contributed by atoms with Crippen LogP contribution in [0.3, 0.4) is 0 Å². The maximum absolute atomic E-state index is 5.76. The molecule has 3 rings (SSSR count). The van der Waals surface area contributed by atoms with Crippen molar-refractivity contribution < 1.29 is 9.26 Å². The van der Waals surface area contributed by atoms with Gasteiger partial charge in [-0.05, 0) is 20.3 Å². The highest BCUT2D eigenvalue weighted by molar-refractivity contribution is 5.80. The summed E-state index contributed by atoms with van der Waals surface area (Å²) in [5.74, 6) is 1.03. The van der Waals surface area contributed by atoms with Crippen molar-refractivity contribution in [1.29, 1.82) is 0 Å². The summed E-state index contributed by atoms with van der Waals surface area (Å²) >= 11 is 0. The van der Waals surface area contributed by atoms with E-state index in [1.165, 1.54) is 0 Å². The molecule has 1 N–H and O–H groups in total. The van der Waals surface area contributed by atoms with Crippen LogP contribution in [0.2, 0.25) is 0 Å². The predicted octanol–water partition coefficient (Wildman–Crippen LogP) is 1.96. The number of rotatable bonds is 5. The molecule has 0 radical (unpaired) electrons. The fourth-order valence-electron chi connectivity index (χ4n) is 3.93. The van der Waals surface area contributed by atoms with Gasteiger partial charge in [-0.1, -0.05) is 19.0 Å². The van der Waals surface area contributed by atoms with Crippen LogP contribution in [0.25, 0.3) is 0 Å². The molecule has 2 heterocycles. The molecule has 1 aliphatic heterocycles. The second-order valence-electron chi connectivity index (χ2n) is 8.11. The number of methoxy groups -OCH3 is 1. The third kappa shape index (κ3) is 3.60. The molecule has 7 nitrogen and oxygen atoms in total. The number of aliphatic imine (C=N–C) groups is 1. The molecule has 1 saturated carbocycles. The van der Waals surface area contributed by atoms with Gasteiger partial charge >= 0.3 is 0 Å². The minimum Gasteiger partial charge on any atom is -0.378 e. The van der Waals surface area contributed by atoms with Crippen molar-refractivity contribution >= 4 is 5.96 Å². The van der Waals surface area contributed by atoms with Gasteiger partial charge in [0.15, 0.2) is 5.96 Å². The van der Waals surface area contributed by atoms with Crippen molar-refractivity contribution in [2.45, 2.75) is 52.3 Å². The van der Waals surface area contributed by atoms with E-state index in [0.29, 0.717) is 6.04 Å². The lowest BCUT2D eigenvalue weighted by molar-refractivity contribution is -0.177. The zero-order valence-corrected chi connectivity index (χ0v) is 16.8. The Morgan fingerprint density at radius 1 is 1.35 bits per heavy atom. The molecular formula is C19H33N5O2. The lowest BCUT2D eigenvalue weighted by Crippen LogP contribution is -2.70. The minimum atomic E-state index is -0.0711. The van der Waals surface area contributed by atoms with Gasteiger partial charge in [-0.2, -0.15) is 0 Å². The average molecular weight is 364 g/mol. The van der Waals surface area contributed by atoms with Crippen LogP contribution in [0.1, 0.15) is 39.8 Å². The van der Waals surface area contributed by atoms with Crippen LogP contribution >= 0.6 is 0 Å².